The maximum atomic E-state index is 9.33. The van der Waals surface area contributed by atoms with E-state index in [1.54, 1.807) is 12.1 Å². The van der Waals surface area contributed by atoms with Gasteiger partial charge in [0.1, 0.15) is 0 Å². The van der Waals surface area contributed by atoms with Gasteiger partial charge >= 0.3 is 0 Å². The van der Waals surface area contributed by atoms with Gasteiger partial charge in [0.2, 0.25) is 0 Å². The number of hydrogen-bond donors (Lipinski definition) is 0. The van der Waals surface area contributed by atoms with Gasteiger partial charge in [-0.3, -0.25) is 0 Å². The third-order valence-corrected chi connectivity index (χ3v) is 6.45. The standard InChI is InChI=1S/C36H24N2/c1-2-12-25(13-3-1)26-14-10-15-27(24-26)37-33-21-9-6-18-30(33)36-34(37)22-11-23-35(36)38-31-19-7-4-16-28(31)29-17-5-8-20-32(29)38/h1-24H/i1D,4D,5D,6D,7D,8D,9D,11D,12D,13D,16D,17D,18D,19D,20D,21D,22D,23D. The fourth-order valence-corrected chi connectivity index (χ4v) is 4.91. The molecule has 8 aromatic rings. The van der Waals surface area contributed by atoms with E-state index in [9.17, 15) is 2.74 Å². The molecule has 0 N–H and O–H groups in total. The summed E-state index contributed by atoms with van der Waals surface area (Å²) in [5.41, 5.74) is -1.09. The second-order valence-electron chi connectivity index (χ2n) is 8.46. The van der Waals surface area contributed by atoms with Gasteiger partial charge in [-0.25, -0.2) is 0 Å². The second-order valence-corrected chi connectivity index (χ2v) is 8.46. The average molecular weight is 503 g/mol. The number of para-hydroxylation sites is 3. The number of nitrogens with zero attached hydrogens (tertiary/aromatic N) is 2. The van der Waals surface area contributed by atoms with Gasteiger partial charge in [0.25, 0.3) is 0 Å². The molecule has 178 valence electrons. The molecule has 2 heteroatoms. The molecule has 0 saturated heterocycles. The van der Waals surface area contributed by atoms with Crippen LogP contribution in [0, 0.1) is 0 Å². The van der Waals surface area contributed by atoms with Gasteiger partial charge in [0.15, 0.2) is 0 Å². The van der Waals surface area contributed by atoms with Crippen molar-refractivity contribution in [1.29, 1.82) is 0 Å². The molecule has 0 aliphatic heterocycles. The summed E-state index contributed by atoms with van der Waals surface area (Å²) in [6, 6.07) is -1.93. The Morgan fingerprint density at radius 1 is 0.447 bits per heavy atom. The van der Waals surface area contributed by atoms with Crippen molar-refractivity contribution in [1.82, 2.24) is 9.13 Å². The van der Waals surface area contributed by atoms with Crippen LogP contribution >= 0.6 is 0 Å². The predicted octanol–water partition coefficient (Wildman–Crippen LogP) is 9.55. The Hall–Kier alpha value is -5.08. The molecular formula is C36H24N2. The number of fused-ring (bicyclic) bond motifs is 6. The Bertz CT molecular complexity index is 3030. The van der Waals surface area contributed by atoms with E-state index in [1.165, 1.54) is 28.8 Å². The average Bonchev–Trinajstić information content (AvgIpc) is 3.70. The fourth-order valence-electron chi connectivity index (χ4n) is 4.91. The molecule has 0 unspecified atom stereocenters. The lowest BCUT2D eigenvalue weighted by Crippen LogP contribution is -1.96. The van der Waals surface area contributed by atoms with E-state index in [-0.39, 0.29) is 62.0 Å². The van der Waals surface area contributed by atoms with Gasteiger partial charge in [-0.1, -0.05) is 103 Å². The second kappa shape index (κ2) is 8.22. The first-order valence-corrected chi connectivity index (χ1v) is 11.6. The Morgan fingerprint density at radius 3 is 1.76 bits per heavy atom. The lowest BCUT2D eigenvalue weighted by molar-refractivity contribution is 1.17. The summed E-state index contributed by atoms with van der Waals surface area (Å²) in [4.78, 5) is 0. The highest BCUT2D eigenvalue weighted by molar-refractivity contribution is 6.16. The van der Waals surface area contributed by atoms with Crippen LogP contribution in [0.1, 0.15) is 24.7 Å². The van der Waals surface area contributed by atoms with Gasteiger partial charge in [-0.05, 0) is 53.5 Å². The van der Waals surface area contributed by atoms with Crippen LogP contribution in [0.4, 0.5) is 0 Å². The molecule has 0 radical (unpaired) electrons. The van der Waals surface area contributed by atoms with Gasteiger partial charge in [0, 0.05) is 27.2 Å². The highest BCUT2D eigenvalue weighted by atomic mass is 15.0. The summed E-state index contributed by atoms with van der Waals surface area (Å²) >= 11 is 0. The third kappa shape index (κ3) is 3.01. The van der Waals surface area contributed by atoms with Crippen molar-refractivity contribution in [3.05, 3.63) is 145 Å². The van der Waals surface area contributed by atoms with Crippen molar-refractivity contribution in [3.8, 4) is 22.5 Å². The molecule has 0 fully saturated rings. The Labute approximate surface area is 245 Å². The van der Waals surface area contributed by atoms with Crippen LogP contribution in [0.25, 0.3) is 66.1 Å². The van der Waals surface area contributed by atoms with Crippen molar-refractivity contribution < 1.29 is 24.7 Å². The van der Waals surface area contributed by atoms with Crippen molar-refractivity contribution in [3.63, 3.8) is 0 Å². The lowest BCUT2D eigenvalue weighted by atomic mass is 10.1. The number of hydrogen-bond acceptors (Lipinski definition) is 0. The van der Waals surface area contributed by atoms with Gasteiger partial charge in [-0.2, -0.15) is 0 Å². The summed E-state index contributed by atoms with van der Waals surface area (Å²) in [6.45, 7) is 0. The highest BCUT2D eigenvalue weighted by Crippen LogP contribution is 2.40. The van der Waals surface area contributed by atoms with Crippen LogP contribution in [0.2, 0.25) is 0 Å². The molecule has 0 bridgehead atoms. The molecule has 8 rings (SSSR count). The van der Waals surface area contributed by atoms with E-state index in [1.807, 2.05) is 0 Å². The molecule has 2 heterocycles. The summed E-state index contributed by atoms with van der Waals surface area (Å²) in [6.07, 6.45) is 0. The highest BCUT2D eigenvalue weighted by Gasteiger charge is 2.19. The SMILES string of the molecule is [2H]c1cc([2H])c(-c2cccc(-n3c4c([2H])c([2H])c([2H])c([2H])c4c4c(-n5c6c([2H])c([2H])c([2H])c([2H])c6c6c([2H])c([2H])c([2H])c([2H])c65)c([2H])c([2H])c([2H])c43)c2)c([2H])c1. The van der Waals surface area contributed by atoms with E-state index in [0.717, 1.165) is 4.57 Å². The van der Waals surface area contributed by atoms with Crippen LogP contribution in [0.3, 0.4) is 0 Å². The molecular weight excluding hydrogens is 460 g/mol. The monoisotopic (exact) mass is 502 g/mol. The fraction of sp³-hybridized carbons (Fsp3) is 0. The minimum atomic E-state index is -0.743. The molecule has 0 amide bonds. The maximum absolute atomic E-state index is 9.33. The Morgan fingerprint density at radius 2 is 1.05 bits per heavy atom. The quantitative estimate of drug-likeness (QED) is 0.228. The van der Waals surface area contributed by atoms with E-state index in [0.29, 0.717) is 5.56 Å². The minimum absolute atomic E-state index is 0.0568. The Kier molecular flexibility index (Phi) is 2.16. The molecule has 0 aliphatic rings. The first kappa shape index (κ1) is 10.00. The molecule has 38 heavy (non-hydrogen) atoms. The van der Waals surface area contributed by atoms with E-state index in [2.05, 4.69) is 0 Å². The van der Waals surface area contributed by atoms with E-state index < -0.39 is 107 Å². The van der Waals surface area contributed by atoms with Crippen molar-refractivity contribution in [2.75, 3.05) is 0 Å². The summed E-state index contributed by atoms with van der Waals surface area (Å²) < 4.78 is 160. The number of benzene rings is 6. The third-order valence-electron chi connectivity index (χ3n) is 6.45. The normalized spacial score (nSPS) is 18.3. The first-order chi connectivity index (χ1) is 26.3. The van der Waals surface area contributed by atoms with Gasteiger partial charge in [-0.15, -0.1) is 0 Å². The van der Waals surface area contributed by atoms with E-state index >= 15 is 0 Å². The van der Waals surface area contributed by atoms with Crippen molar-refractivity contribution in [2.45, 2.75) is 0 Å². The number of aromatic nitrogens is 2. The Balaban J connectivity index is 1.69. The number of rotatable bonds is 3. The van der Waals surface area contributed by atoms with Gasteiger partial charge in [0.05, 0.1) is 52.4 Å². The van der Waals surface area contributed by atoms with Crippen molar-refractivity contribution in [2.24, 2.45) is 0 Å². The van der Waals surface area contributed by atoms with Crippen LogP contribution in [0.15, 0.2) is 145 Å². The zero-order valence-corrected chi connectivity index (χ0v) is 19.4. The smallest absolute Gasteiger partial charge is 0.0645 e. The predicted molar refractivity (Wildman–Crippen MR) is 161 cm³/mol. The van der Waals surface area contributed by atoms with E-state index in [4.69, 9.17) is 21.9 Å². The zero-order chi connectivity index (χ0) is 40.7. The summed E-state index contributed by atoms with van der Waals surface area (Å²) in [7, 11) is 0. The topological polar surface area (TPSA) is 9.86 Å². The minimum Gasteiger partial charge on any atom is -0.309 e. The molecule has 0 saturated carbocycles. The molecule has 0 aliphatic carbocycles. The van der Waals surface area contributed by atoms with Crippen LogP contribution in [0.5, 0.6) is 0 Å². The molecule has 2 nitrogen and oxygen atoms in total. The lowest BCUT2D eigenvalue weighted by Gasteiger charge is -2.12. The van der Waals surface area contributed by atoms with Crippen LogP contribution in [-0.2, 0) is 0 Å². The van der Waals surface area contributed by atoms with Crippen molar-refractivity contribution >= 4 is 43.6 Å². The largest absolute Gasteiger partial charge is 0.309 e. The summed E-state index contributed by atoms with van der Waals surface area (Å²) in [5.74, 6) is 0. The molecule has 2 aromatic heterocycles. The molecule has 0 atom stereocenters. The van der Waals surface area contributed by atoms with Crippen LogP contribution in [-0.4, -0.2) is 9.13 Å². The first-order valence-electron chi connectivity index (χ1n) is 20.6. The molecule has 0 spiro atoms. The zero-order valence-electron chi connectivity index (χ0n) is 37.4. The molecule has 6 aromatic carbocycles. The van der Waals surface area contributed by atoms with Crippen LogP contribution < -0.4 is 0 Å². The maximum Gasteiger partial charge on any atom is 0.0645 e. The van der Waals surface area contributed by atoms with Gasteiger partial charge < -0.3 is 9.13 Å². The summed E-state index contributed by atoms with van der Waals surface area (Å²) in [5, 5.41) is -1.14.